The largest absolute Gasteiger partial charge is 0.493 e. The van der Waals surface area contributed by atoms with Gasteiger partial charge in [-0.3, -0.25) is 4.79 Å². The van der Waals surface area contributed by atoms with E-state index in [9.17, 15) is 4.79 Å². The minimum Gasteiger partial charge on any atom is -0.493 e. The van der Waals surface area contributed by atoms with Gasteiger partial charge in [-0.2, -0.15) is 5.10 Å². The topological polar surface area (TPSA) is 59.9 Å². The second kappa shape index (κ2) is 9.69. The van der Waals surface area contributed by atoms with Gasteiger partial charge in [-0.15, -0.1) is 0 Å². The van der Waals surface area contributed by atoms with Crippen LogP contribution in [0.25, 0.3) is 0 Å². The second-order valence-electron chi connectivity index (χ2n) is 5.43. The highest BCUT2D eigenvalue weighted by Crippen LogP contribution is 2.21. The lowest BCUT2D eigenvalue weighted by molar-refractivity contribution is -0.118. The van der Waals surface area contributed by atoms with Crippen LogP contribution in [0.2, 0.25) is 5.02 Å². The Labute approximate surface area is 152 Å². The van der Waals surface area contributed by atoms with Gasteiger partial charge in [0, 0.05) is 23.9 Å². The van der Waals surface area contributed by atoms with Crippen molar-refractivity contribution in [3.8, 4) is 11.5 Å². The molecule has 0 aliphatic carbocycles. The molecule has 5 nitrogen and oxygen atoms in total. The fraction of sp³-hybridized carbons (Fsp3) is 0.263. The number of rotatable bonds is 8. The quantitative estimate of drug-likeness (QED) is 0.440. The van der Waals surface area contributed by atoms with E-state index >= 15 is 0 Å². The first kappa shape index (κ1) is 18.8. The van der Waals surface area contributed by atoms with Gasteiger partial charge in [-0.1, -0.05) is 23.7 Å². The Hall–Kier alpha value is -2.53. The number of hydrogen-bond acceptors (Lipinski definition) is 4. The summed E-state index contributed by atoms with van der Waals surface area (Å²) in [6.07, 6.45) is 2.29. The molecule has 0 aliphatic heterocycles. The molecule has 0 aliphatic rings. The van der Waals surface area contributed by atoms with Crippen molar-refractivity contribution in [3.05, 3.63) is 58.6 Å². The molecule has 0 saturated carbocycles. The molecule has 2 rings (SSSR count). The highest BCUT2D eigenvalue weighted by Gasteiger charge is 2.02. The molecule has 2 aromatic rings. The summed E-state index contributed by atoms with van der Waals surface area (Å²) in [4.78, 5) is 10.8. The van der Waals surface area contributed by atoms with Crippen molar-refractivity contribution in [3.63, 3.8) is 0 Å². The van der Waals surface area contributed by atoms with Crippen molar-refractivity contribution in [2.45, 2.75) is 20.3 Å². The van der Waals surface area contributed by atoms with E-state index in [2.05, 4.69) is 10.5 Å². The number of halogens is 1. The first-order valence-corrected chi connectivity index (χ1v) is 8.34. The summed E-state index contributed by atoms with van der Waals surface area (Å²) in [5.74, 6) is 1.29. The molecule has 0 heterocycles. The minimum atomic E-state index is -0.218. The van der Waals surface area contributed by atoms with Crippen LogP contribution < -0.4 is 14.9 Å². The number of aryl methyl sites for hydroxylation is 1. The number of nitrogens with one attached hydrogen (secondary N) is 1. The molecule has 0 fully saturated rings. The van der Waals surface area contributed by atoms with E-state index in [4.69, 9.17) is 21.1 Å². The Balaban J connectivity index is 1.78. The highest BCUT2D eigenvalue weighted by molar-refractivity contribution is 6.31. The normalized spacial score (nSPS) is 10.7. The molecule has 0 atom stereocenters. The molecule has 6 heteroatoms. The minimum absolute atomic E-state index is 0.218. The van der Waals surface area contributed by atoms with E-state index in [1.54, 1.807) is 6.21 Å². The molecular formula is C19H21ClN2O3. The van der Waals surface area contributed by atoms with Crippen LogP contribution >= 0.6 is 11.6 Å². The average Bonchev–Trinajstić information content (AvgIpc) is 2.58. The van der Waals surface area contributed by atoms with Crippen LogP contribution in [-0.2, 0) is 4.79 Å². The van der Waals surface area contributed by atoms with Crippen molar-refractivity contribution in [1.82, 2.24) is 5.43 Å². The summed E-state index contributed by atoms with van der Waals surface area (Å²) in [5.41, 5.74) is 4.16. The van der Waals surface area contributed by atoms with Crippen LogP contribution in [0.1, 0.15) is 24.5 Å². The summed E-state index contributed by atoms with van der Waals surface area (Å²) in [7, 11) is 0. The van der Waals surface area contributed by atoms with Gasteiger partial charge in [-0.05, 0) is 42.8 Å². The predicted octanol–water partition coefficient (Wildman–Crippen LogP) is 3.97. The molecule has 0 unspecified atom stereocenters. The third-order valence-electron chi connectivity index (χ3n) is 3.29. The standard InChI is InChI=1S/C19H21ClN2O3/c1-14-12-17(8-9-18(14)20)24-10-5-11-25-19-7-4-3-6-16(19)13-21-22-15(2)23/h3-4,6-9,12-13H,5,10-11H2,1-2H3,(H,22,23). The maximum Gasteiger partial charge on any atom is 0.236 e. The third-order valence-corrected chi connectivity index (χ3v) is 3.71. The zero-order valence-corrected chi connectivity index (χ0v) is 15.0. The molecule has 0 bridgehead atoms. The van der Waals surface area contributed by atoms with Gasteiger partial charge in [0.15, 0.2) is 0 Å². The van der Waals surface area contributed by atoms with E-state index in [1.807, 2.05) is 49.4 Å². The number of carbonyl (C=O) groups is 1. The summed E-state index contributed by atoms with van der Waals surface area (Å²) in [5, 5.41) is 4.59. The summed E-state index contributed by atoms with van der Waals surface area (Å²) >= 11 is 5.99. The van der Waals surface area contributed by atoms with Gasteiger partial charge < -0.3 is 9.47 Å². The summed E-state index contributed by atoms with van der Waals surface area (Å²) < 4.78 is 11.5. The summed E-state index contributed by atoms with van der Waals surface area (Å²) in [6, 6.07) is 13.1. The van der Waals surface area contributed by atoms with Crippen LogP contribution in [0.5, 0.6) is 11.5 Å². The first-order valence-electron chi connectivity index (χ1n) is 7.96. The molecule has 25 heavy (non-hydrogen) atoms. The average molecular weight is 361 g/mol. The van der Waals surface area contributed by atoms with Crippen LogP contribution in [0.15, 0.2) is 47.6 Å². The fourth-order valence-electron chi connectivity index (χ4n) is 2.05. The smallest absolute Gasteiger partial charge is 0.236 e. The van der Waals surface area contributed by atoms with Gasteiger partial charge in [0.2, 0.25) is 5.91 Å². The molecule has 0 spiro atoms. The highest BCUT2D eigenvalue weighted by atomic mass is 35.5. The lowest BCUT2D eigenvalue weighted by Gasteiger charge is -2.10. The Morgan fingerprint density at radius 3 is 2.72 bits per heavy atom. The van der Waals surface area contributed by atoms with Crippen LogP contribution in [0.3, 0.4) is 0 Å². The Morgan fingerprint density at radius 2 is 1.96 bits per heavy atom. The molecule has 0 radical (unpaired) electrons. The monoisotopic (exact) mass is 360 g/mol. The number of nitrogens with zero attached hydrogens (tertiary/aromatic N) is 1. The number of benzene rings is 2. The lowest BCUT2D eigenvalue weighted by Crippen LogP contribution is -2.12. The zero-order chi connectivity index (χ0) is 18.1. The van der Waals surface area contributed by atoms with Crippen LogP contribution in [0.4, 0.5) is 0 Å². The van der Waals surface area contributed by atoms with E-state index in [-0.39, 0.29) is 5.91 Å². The van der Waals surface area contributed by atoms with Crippen molar-refractivity contribution < 1.29 is 14.3 Å². The maximum atomic E-state index is 10.8. The van der Waals surface area contributed by atoms with Crippen molar-refractivity contribution in [2.75, 3.05) is 13.2 Å². The number of amides is 1. The lowest BCUT2D eigenvalue weighted by atomic mass is 10.2. The maximum absolute atomic E-state index is 10.8. The molecule has 0 saturated heterocycles. The van der Waals surface area contributed by atoms with E-state index in [0.29, 0.717) is 19.0 Å². The van der Waals surface area contributed by atoms with Crippen molar-refractivity contribution in [2.24, 2.45) is 5.10 Å². The predicted molar refractivity (Wildman–Crippen MR) is 99.6 cm³/mol. The number of hydrogen-bond donors (Lipinski definition) is 1. The van der Waals surface area contributed by atoms with Gasteiger partial charge in [-0.25, -0.2) is 5.43 Å². The molecule has 0 aromatic heterocycles. The molecule has 132 valence electrons. The molecule has 2 aromatic carbocycles. The Morgan fingerprint density at radius 1 is 1.20 bits per heavy atom. The van der Waals surface area contributed by atoms with Gasteiger partial charge >= 0.3 is 0 Å². The van der Waals surface area contributed by atoms with E-state index in [0.717, 1.165) is 28.3 Å². The number of hydrazone groups is 1. The van der Waals surface area contributed by atoms with Crippen molar-refractivity contribution in [1.29, 1.82) is 0 Å². The van der Waals surface area contributed by atoms with Crippen LogP contribution in [-0.4, -0.2) is 25.3 Å². The molecule has 1 N–H and O–H groups in total. The van der Waals surface area contributed by atoms with Crippen molar-refractivity contribution >= 4 is 23.7 Å². The third kappa shape index (κ3) is 6.47. The van der Waals surface area contributed by atoms with E-state index in [1.165, 1.54) is 6.92 Å². The number of ether oxygens (including phenoxy) is 2. The van der Waals surface area contributed by atoms with Gasteiger partial charge in [0.05, 0.1) is 19.4 Å². The Bertz CT molecular complexity index is 747. The van der Waals surface area contributed by atoms with Gasteiger partial charge in [0.1, 0.15) is 11.5 Å². The number of para-hydroxylation sites is 1. The number of carbonyl (C=O) groups excluding carboxylic acids is 1. The first-order chi connectivity index (χ1) is 12.1. The SMILES string of the molecule is CC(=O)NN=Cc1ccccc1OCCCOc1ccc(Cl)c(C)c1. The second-order valence-corrected chi connectivity index (χ2v) is 5.83. The molecular weight excluding hydrogens is 340 g/mol. The van der Waals surface area contributed by atoms with Gasteiger partial charge in [0.25, 0.3) is 0 Å². The fourth-order valence-corrected chi connectivity index (χ4v) is 2.17. The Kier molecular flexibility index (Phi) is 7.29. The zero-order valence-electron chi connectivity index (χ0n) is 14.3. The van der Waals surface area contributed by atoms with Crippen LogP contribution in [0, 0.1) is 6.92 Å². The molecule has 1 amide bonds. The van der Waals surface area contributed by atoms with E-state index < -0.39 is 0 Å². The summed E-state index contributed by atoms with van der Waals surface area (Å²) in [6.45, 7) is 4.40.